The second-order valence-corrected chi connectivity index (χ2v) is 10.3. The summed E-state index contributed by atoms with van der Waals surface area (Å²) in [5.41, 5.74) is 9.27. The van der Waals surface area contributed by atoms with Gasteiger partial charge >= 0.3 is 5.97 Å². The average molecular weight is 563 g/mol. The zero-order valence-electron chi connectivity index (χ0n) is 24.5. The number of aryl methyl sites for hydroxylation is 1. The molecule has 2 atom stereocenters. The van der Waals surface area contributed by atoms with Crippen LogP contribution in [0.3, 0.4) is 0 Å². The molecule has 0 aromatic heterocycles. The number of esters is 1. The molecule has 4 aromatic rings. The van der Waals surface area contributed by atoms with Gasteiger partial charge in [-0.15, -0.1) is 0 Å². The van der Waals surface area contributed by atoms with Crippen LogP contribution in [0.4, 0.5) is 0 Å². The number of hydrogen-bond donors (Lipinski definition) is 0. The third-order valence-electron chi connectivity index (χ3n) is 7.58. The van der Waals surface area contributed by atoms with Crippen molar-refractivity contribution >= 4 is 18.1 Å². The van der Waals surface area contributed by atoms with E-state index >= 15 is 0 Å². The van der Waals surface area contributed by atoms with Crippen LogP contribution in [0.2, 0.25) is 0 Å². The van der Waals surface area contributed by atoms with Gasteiger partial charge in [0.2, 0.25) is 0 Å². The summed E-state index contributed by atoms with van der Waals surface area (Å²) in [7, 11) is 1.52. The standard InChI is InChI=1S/C37H38O5/c1-4-26-13-20-33-31(23-26)17-15-29-14-16-30(28-9-7-6-8-10-28)25-34(29)36(33)42-22-21-41-32-18-11-27(12-19-32)24-35(39-3)37(38)40-5-2/h6-20,23,25,35-36H,4-5,21-22,24H2,1-3H3. The van der Waals surface area contributed by atoms with E-state index in [-0.39, 0.29) is 12.1 Å². The maximum Gasteiger partial charge on any atom is 0.335 e. The van der Waals surface area contributed by atoms with Crippen LogP contribution in [0.1, 0.15) is 53.3 Å². The van der Waals surface area contributed by atoms with Crippen LogP contribution in [-0.2, 0) is 31.8 Å². The van der Waals surface area contributed by atoms with Gasteiger partial charge in [-0.25, -0.2) is 4.79 Å². The van der Waals surface area contributed by atoms with Crippen molar-refractivity contribution < 1.29 is 23.7 Å². The molecule has 0 amide bonds. The van der Waals surface area contributed by atoms with E-state index in [2.05, 4.69) is 79.7 Å². The van der Waals surface area contributed by atoms with Crippen LogP contribution in [-0.4, -0.2) is 39.0 Å². The normalized spacial score (nSPS) is 14.4. The topological polar surface area (TPSA) is 54.0 Å². The van der Waals surface area contributed by atoms with Gasteiger partial charge in [0, 0.05) is 13.5 Å². The molecule has 0 spiro atoms. The van der Waals surface area contributed by atoms with Crippen molar-refractivity contribution in [1.29, 1.82) is 0 Å². The molecule has 0 radical (unpaired) electrons. The van der Waals surface area contributed by atoms with Crippen LogP contribution in [0.15, 0.2) is 91.0 Å². The highest BCUT2D eigenvalue weighted by molar-refractivity contribution is 5.79. The van der Waals surface area contributed by atoms with Gasteiger partial charge in [0.05, 0.1) is 13.2 Å². The first kappa shape index (κ1) is 29.3. The Morgan fingerprint density at radius 2 is 1.52 bits per heavy atom. The van der Waals surface area contributed by atoms with Gasteiger partial charge in [0.1, 0.15) is 18.5 Å². The van der Waals surface area contributed by atoms with Gasteiger partial charge in [-0.1, -0.05) is 91.9 Å². The minimum absolute atomic E-state index is 0.223. The average Bonchev–Trinajstić information content (AvgIpc) is 3.18. The van der Waals surface area contributed by atoms with Crippen molar-refractivity contribution in [2.75, 3.05) is 26.9 Å². The number of carbonyl (C=O) groups is 1. The highest BCUT2D eigenvalue weighted by Crippen LogP contribution is 2.38. The van der Waals surface area contributed by atoms with Crippen LogP contribution in [0.5, 0.6) is 5.75 Å². The summed E-state index contributed by atoms with van der Waals surface area (Å²) in [6.07, 6.45) is 4.98. The van der Waals surface area contributed by atoms with Crippen LogP contribution in [0.25, 0.3) is 23.3 Å². The van der Waals surface area contributed by atoms with Crippen molar-refractivity contribution in [2.45, 2.75) is 38.9 Å². The molecule has 216 valence electrons. The smallest absolute Gasteiger partial charge is 0.335 e. The molecule has 1 aliphatic rings. The first-order valence-electron chi connectivity index (χ1n) is 14.6. The van der Waals surface area contributed by atoms with E-state index in [1.807, 2.05) is 30.3 Å². The molecule has 5 rings (SSSR count). The number of hydrogen-bond acceptors (Lipinski definition) is 5. The minimum Gasteiger partial charge on any atom is -0.491 e. The Balaban J connectivity index is 1.29. The van der Waals surface area contributed by atoms with Gasteiger partial charge in [-0.2, -0.15) is 0 Å². The quantitative estimate of drug-likeness (QED) is 0.131. The Morgan fingerprint density at radius 3 is 2.26 bits per heavy atom. The molecule has 0 saturated carbocycles. The predicted molar refractivity (Wildman–Crippen MR) is 167 cm³/mol. The SMILES string of the molecule is CCOC(=O)C(Cc1ccc(OCCOC2c3ccc(CC)cc3C=Cc3ccc(-c4ccccc4)cc32)cc1)OC. The Bertz CT molecular complexity index is 1510. The molecular formula is C37H38O5. The van der Waals surface area contributed by atoms with Gasteiger partial charge in [0.25, 0.3) is 0 Å². The molecule has 5 heteroatoms. The van der Waals surface area contributed by atoms with Crippen molar-refractivity contribution in [3.8, 4) is 16.9 Å². The molecule has 0 saturated heterocycles. The number of fused-ring (bicyclic) bond motifs is 2. The molecule has 1 aliphatic carbocycles. The molecule has 2 unspecified atom stereocenters. The van der Waals surface area contributed by atoms with E-state index in [9.17, 15) is 4.79 Å². The lowest BCUT2D eigenvalue weighted by Gasteiger charge is -2.22. The number of carbonyl (C=O) groups excluding carboxylic acids is 1. The molecule has 0 aliphatic heterocycles. The zero-order valence-corrected chi connectivity index (χ0v) is 24.5. The summed E-state index contributed by atoms with van der Waals surface area (Å²) < 4.78 is 23.1. The monoisotopic (exact) mass is 562 g/mol. The molecular weight excluding hydrogens is 524 g/mol. The Kier molecular flexibility index (Phi) is 9.86. The number of rotatable bonds is 12. The van der Waals surface area contributed by atoms with E-state index in [0.29, 0.717) is 26.2 Å². The molecule has 42 heavy (non-hydrogen) atoms. The third-order valence-corrected chi connectivity index (χ3v) is 7.58. The fourth-order valence-electron chi connectivity index (χ4n) is 5.28. The largest absolute Gasteiger partial charge is 0.491 e. The Labute approximate surface area is 248 Å². The summed E-state index contributed by atoms with van der Waals surface area (Å²) >= 11 is 0. The van der Waals surface area contributed by atoms with Crippen molar-refractivity contribution in [2.24, 2.45) is 0 Å². The maximum absolute atomic E-state index is 12.1. The summed E-state index contributed by atoms with van der Waals surface area (Å²) in [4.78, 5) is 12.1. The number of methoxy groups -OCH3 is 1. The first-order valence-corrected chi connectivity index (χ1v) is 14.6. The first-order chi connectivity index (χ1) is 20.6. The van der Waals surface area contributed by atoms with Gasteiger partial charge in [0.15, 0.2) is 6.10 Å². The number of ether oxygens (including phenoxy) is 4. The van der Waals surface area contributed by atoms with Gasteiger partial charge < -0.3 is 18.9 Å². The second-order valence-electron chi connectivity index (χ2n) is 10.3. The van der Waals surface area contributed by atoms with Crippen molar-refractivity contribution in [1.82, 2.24) is 0 Å². The Morgan fingerprint density at radius 1 is 0.762 bits per heavy atom. The second kappa shape index (κ2) is 14.1. The van der Waals surface area contributed by atoms with E-state index in [0.717, 1.165) is 34.4 Å². The van der Waals surface area contributed by atoms with E-state index in [4.69, 9.17) is 18.9 Å². The Hall–Kier alpha value is -4.19. The molecule has 5 nitrogen and oxygen atoms in total. The van der Waals surface area contributed by atoms with Gasteiger partial charge in [-0.3, -0.25) is 0 Å². The van der Waals surface area contributed by atoms with Crippen molar-refractivity contribution in [3.05, 3.63) is 124 Å². The maximum atomic E-state index is 12.1. The molecule has 0 N–H and O–H groups in total. The molecule has 0 heterocycles. The highest BCUT2D eigenvalue weighted by atomic mass is 16.6. The third kappa shape index (κ3) is 6.99. The predicted octanol–water partition coefficient (Wildman–Crippen LogP) is 7.71. The lowest BCUT2D eigenvalue weighted by atomic mass is 9.92. The van der Waals surface area contributed by atoms with E-state index in [1.54, 1.807) is 6.92 Å². The summed E-state index contributed by atoms with van der Waals surface area (Å²) in [5, 5.41) is 0. The number of benzene rings is 4. The summed E-state index contributed by atoms with van der Waals surface area (Å²) in [6, 6.07) is 31.4. The fraction of sp³-hybridized carbons (Fsp3) is 0.270. The van der Waals surface area contributed by atoms with Crippen molar-refractivity contribution in [3.63, 3.8) is 0 Å². The van der Waals surface area contributed by atoms with E-state index in [1.165, 1.54) is 29.4 Å². The highest BCUT2D eigenvalue weighted by Gasteiger charge is 2.23. The molecule has 4 aromatic carbocycles. The lowest BCUT2D eigenvalue weighted by Crippen LogP contribution is -2.27. The van der Waals surface area contributed by atoms with Gasteiger partial charge in [-0.05, 0) is 76.1 Å². The van der Waals surface area contributed by atoms with Crippen LogP contribution >= 0.6 is 0 Å². The fourth-order valence-corrected chi connectivity index (χ4v) is 5.28. The molecule has 0 fully saturated rings. The zero-order chi connectivity index (χ0) is 29.3. The van der Waals surface area contributed by atoms with Crippen LogP contribution in [0, 0.1) is 0 Å². The van der Waals surface area contributed by atoms with E-state index < -0.39 is 6.10 Å². The summed E-state index contributed by atoms with van der Waals surface area (Å²) in [5.74, 6) is 0.394. The summed E-state index contributed by atoms with van der Waals surface area (Å²) in [6.45, 7) is 5.12. The minimum atomic E-state index is -0.624. The lowest BCUT2D eigenvalue weighted by molar-refractivity contribution is -0.154. The van der Waals surface area contributed by atoms with Crippen LogP contribution < -0.4 is 4.74 Å². The molecule has 0 bridgehead atoms.